The Hall–Kier alpha value is -4.40. The summed E-state index contributed by atoms with van der Waals surface area (Å²) in [5.41, 5.74) is 9.26. The molecule has 0 radical (unpaired) electrons. The van der Waals surface area contributed by atoms with E-state index < -0.39 is 0 Å². The van der Waals surface area contributed by atoms with E-state index in [1.165, 1.54) is 0 Å². The summed E-state index contributed by atoms with van der Waals surface area (Å²) in [4.78, 5) is 32.6. The molecule has 0 fully saturated rings. The highest BCUT2D eigenvalue weighted by atomic mass is 16.2. The van der Waals surface area contributed by atoms with Gasteiger partial charge in [0.25, 0.3) is 11.8 Å². The SMILES string of the molecule is Cn1cc(NC(=O)c2ccccc2)cc1-c1nc2ccc(C(=O)NCCC(=N)N)cc2[nH]1. The topological polar surface area (TPSA) is 142 Å². The lowest BCUT2D eigenvalue weighted by Crippen LogP contribution is -2.27. The number of carbonyl (C=O) groups excluding carboxylic acids is 2. The van der Waals surface area contributed by atoms with Crippen molar-refractivity contribution < 1.29 is 9.59 Å². The second-order valence-electron chi connectivity index (χ2n) is 7.39. The fourth-order valence-corrected chi connectivity index (χ4v) is 3.35. The summed E-state index contributed by atoms with van der Waals surface area (Å²) in [6, 6.07) is 16.1. The van der Waals surface area contributed by atoms with E-state index in [4.69, 9.17) is 11.1 Å². The van der Waals surface area contributed by atoms with Gasteiger partial charge in [-0.15, -0.1) is 0 Å². The summed E-state index contributed by atoms with van der Waals surface area (Å²) in [6.07, 6.45) is 2.12. The quantitative estimate of drug-likeness (QED) is 0.227. The van der Waals surface area contributed by atoms with Crippen molar-refractivity contribution >= 4 is 34.4 Å². The first-order valence-corrected chi connectivity index (χ1v) is 10.0. The van der Waals surface area contributed by atoms with Crippen LogP contribution >= 0.6 is 0 Å². The number of carbonyl (C=O) groups is 2. The molecule has 9 heteroatoms. The summed E-state index contributed by atoms with van der Waals surface area (Å²) in [6.45, 7) is 0.307. The molecule has 0 aliphatic carbocycles. The number of nitrogens with one attached hydrogen (secondary N) is 4. The number of amidine groups is 1. The molecule has 4 rings (SSSR count). The van der Waals surface area contributed by atoms with Crippen molar-refractivity contribution in [3.8, 4) is 11.5 Å². The number of nitrogens with two attached hydrogens (primary N) is 1. The van der Waals surface area contributed by atoms with Crippen LogP contribution in [0.1, 0.15) is 27.1 Å². The van der Waals surface area contributed by atoms with Crippen molar-refractivity contribution in [3.63, 3.8) is 0 Å². The highest BCUT2D eigenvalue weighted by molar-refractivity contribution is 6.04. The number of fused-ring (bicyclic) bond motifs is 1. The minimum Gasteiger partial charge on any atom is -0.388 e. The zero-order valence-corrected chi connectivity index (χ0v) is 17.5. The average molecular weight is 429 g/mol. The van der Waals surface area contributed by atoms with Crippen LogP contribution < -0.4 is 16.4 Å². The Labute approximate surface area is 184 Å². The molecule has 0 spiro atoms. The molecule has 4 aromatic rings. The van der Waals surface area contributed by atoms with E-state index >= 15 is 0 Å². The molecule has 0 saturated heterocycles. The first kappa shape index (κ1) is 20.9. The van der Waals surface area contributed by atoms with Crippen molar-refractivity contribution in [2.45, 2.75) is 6.42 Å². The van der Waals surface area contributed by atoms with Crippen LogP contribution in [0.25, 0.3) is 22.6 Å². The molecule has 9 nitrogen and oxygen atoms in total. The van der Waals surface area contributed by atoms with Gasteiger partial charge >= 0.3 is 0 Å². The number of nitrogens with zero attached hydrogens (tertiary/aromatic N) is 2. The second kappa shape index (κ2) is 8.76. The third kappa shape index (κ3) is 4.51. The molecule has 0 aliphatic rings. The van der Waals surface area contributed by atoms with Crippen LogP contribution in [0.4, 0.5) is 5.69 Å². The lowest BCUT2D eigenvalue weighted by molar-refractivity contribution is 0.0954. The lowest BCUT2D eigenvalue weighted by Gasteiger charge is -2.04. The summed E-state index contributed by atoms with van der Waals surface area (Å²) >= 11 is 0. The molecule has 0 aliphatic heterocycles. The highest BCUT2D eigenvalue weighted by Gasteiger charge is 2.14. The first-order valence-electron chi connectivity index (χ1n) is 10.0. The highest BCUT2D eigenvalue weighted by Crippen LogP contribution is 2.25. The lowest BCUT2D eigenvalue weighted by atomic mass is 10.2. The molecule has 0 unspecified atom stereocenters. The first-order chi connectivity index (χ1) is 15.4. The Bertz CT molecular complexity index is 1300. The van der Waals surface area contributed by atoms with Gasteiger partial charge in [0, 0.05) is 37.3 Å². The molecular weight excluding hydrogens is 406 g/mol. The van der Waals surface area contributed by atoms with Crippen LogP contribution in [0.3, 0.4) is 0 Å². The van der Waals surface area contributed by atoms with Gasteiger partial charge in [-0.25, -0.2) is 4.98 Å². The van der Waals surface area contributed by atoms with E-state index in [2.05, 4.69) is 20.6 Å². The molecule has 6 N–H and O–H groups in total. The van der Waals surface area contributed by atoms with Gasteiger partial charge in [0.1, 0.15) is 0 Å². The van der Waals surface area contributed by atoms with Gasteiger partial charge in [-0.1, -0.05) is 18.2 Å². The molecular formula is C23H23N7O2. The number of aryl methyl sites for hydroxylation is 1. The number of hydrogen-bond donors (Lipinski definition) is 5. The molecule has 0 atom stereocenters. The number of H-pyrrole nitrogens is 1. The van der Waals surface area contributed by atoms with Gasteiger partial charge in [-0.3, -0.25) is 15.0 Å². The number of rotatable bonds is 7. The third-order valence-electron chi connectivity index (χ3n) is 4.97. The predicted molar refractivity (Wildman–Crippen MR) is 124 cm³/mol. The van der Waals surface area contributed by atoms with Crippen molar-refractivity contribution in [1.29, 1.82) is 5.41 Å². The molecule has 2 aromatic heterocycles. The van der Waals surface area contributed by atoms with Crippen LogP contribution in [-0.2, 0) is 7.05 Å². The van der Waals surface area contributed by atoms with Crippen molar-refractivity contribution in [2.24, 2.45) is 12.8 Å². The molecule has 162 valence electrons. The number of benzene rings is 2. The van der Waals surface area contributed by atoms with E-state index in [9.17, 15) is 9.59 Å². The van der Waals surface area contributed by atoms with E-state index in [0.717, 1.165) is 16.7 Å². The van der Waals surface area contributed by atoms with Crippen molar-refractivity contribution in [2.75, 3.05) is 11.9 Å². The monoisotopic (exact) mass is 429 g/mol. The maximum absolute atomic E-state index is 12.4. The molecule has 0 bridgehead atoms. The molecule has 2 heterocycles. The summed E-state index contributed by atoms with van der Waals surface area (Å²) in [5.74, 6) is 0.222. The Morgan fingerprint density at radius 2 is 1.88 bits per heavy atom. The second-order valence-corrected chi connectivity index (χ2v) is 7.39. The Balaban J connectivity index is 1.53. The molecule has 2 aromatic carbocycles. The Kier molecular flexibility index (Phi) is 5.71. The van der Waals surface area contributed by atoms with Crippen LogP contribution in [-0.4, -0.2) is 38.7 Å². The molecule has 0 saturated carbocycles. The van der Waals surface area contributed by atoms with Gasteiger partial charge in [-0.2, -0.15) is 0 Å². The summed E-state index contributed by atoms with van der Waals surface area (Å²) < 4.78 is 1.87. The van der Waals surface area contributed by atoms with Crippen molar-refractivity contribution in [3.05, 3.63) is 71.9 Å². The standard InChI is InChI=1S/C23H23N7O2/c1-30-13-16(27-23(32)14-5-3-2-4-6-14)12-19(30)21-28-17-8-7-15(11-18(17)29-21)22(31)26-10-9-20(24)25/h2-8,11-13H,9-10H2,1H3,(H3,24,25)(H,26,31)(H,27,32)(H,28,29). The van der Waals surface area contributed by atoms with E-state index in [-0.39, 0.29) is 17.6 Å². The van der Waals surface area contributed by atoms with Gasteiger partial charge in [0.05, 0.1) is 28.3 Å². The zero-order chi connectivity index (χ0) is 22.7. The van der Waals surface area contributed by atoms with Gasteiger partial charge in [0.2, 0.25) is 0 Å². The van der Waals surface area contributed by atoms with Crippen LogP contribution in [0.5, 0.6) is 0 Å². The number of amides is 2. The van der Waals surface area contributed by atoms with Crippen LogP contribution in [0, 0.1) is 5.41 Å². The van der Waals surface area contributed by atoms with Crippen molar-refractivity contribution in [1.82, 2.24) is 19.9 Å². The number of aromatic amines is 1. The minimum absolute atomic E-state index is 0.0286. The largest absolute Gasteiger partial charge is 0.388 e. The maximum Gasteiger partial charge on any atom is 0.255 e. The van der Waals surface area contributed by atoms with E-state index in [1.54, 1.807) is 30.3 Å². The fourth-order valence-electron chi connectivity index (χ4n) is 3.35. The molecule has 2 amide bonds. The minimum atomic E-state index is -0.242. The average Bonchev–Trinajstić information content (AvgIpc) is 3.36. The summed E-state index contributed by atoms with van der Waals surface area (Å²) in [7, 11) is 1.87. The van der Waals surface area contributed by atoms with E-state index in [0.29, 0.717) is 35.6 Å². The number of aromatic nitrogens is 3. The van der Waals surface area contributed by atoms with Crippen LogP contribution in [0.2, 0.25) is 0 Å². The molecule has 32 heavy (non-hydrogen) atoms. The number of imidazole rings is 1. The fraction of sp³-hybridized carbons (Fsp3) is 0.130. The normalized spacial score (nSPS) is 10.8. The van der Waals surface area contributed by atoms with Crippen LogP contribution in [0.15, 0.2) is 60.8 Å². The smallest absolute Gasteiger partial charge is 0.255 e. The van der Waals surface area contributed by atoms with E-state index in [1.807, 2.05) is 42.1 Å². The van der Waals surface area contributed by atoms with Gasteiger partial charge in [0.15, 0.2) is 5.82 Å². The third-order valence-corrected chi connectivity index (χ3v) is 4.97. The zero-order valence-electron chi connectivity index (χ0n) is 17.5. The predicted octanol–water partition coefficient (Wildman–Crippen LogP) is 2.88. The number of anilines is 1. The van der Waals surface area contributed by atoms with Gasteiger partial charge in [-0.05, 0) is 36.4 Å². The maximum atomic E-state index is 12.4. The number of hydrogen-bond acceptors (Lipinski definition) is 4. The summed E-state index contributed by atoms with van der Waals surface area (Å²) in [5, 5.41) is 12.9. The van der Waals surface area contributed by atoms with Gasteiger partial charge < -0.3 is 25.9 Å². The Morgan fingerprint density at radius 3 is 2.62 bits per heavy atom. The Morgan fingerprint density at radius 1 is 1.09 bits per heavy atom.